The molecular weight excluding hydrogens is 202 g/mol. The van der Waals surface area contributed by atoms with E-state index in [9.17, 15) is 4.79 Å². The molecule has 0 unspecified atom stereocenters. The van der Waals surface area contributed by atoms with E-state index < -0.39 is 0 Å². The van der Waals surface area contributed by atoms with Gasteiger partial charge in [0, 0.05) is 0 Å². The summed E-state index contributed by atoms with van der Waals surface area (Å²) in [6.07, 6.45) is 3.36. The van der Waals surface area contributed by atoms with Crippen molar-refractivity contribution in [2.75, 3.05) is 19.7 Å². The first-order valence-electron chi connectivity index (χ1n) is 5.16. The topological polar surface area (TPSA) is 38.3 Å². The van der Waals surface area contributed by atoms with Crippen LogP contribution in [0.25, 0.3) is 0 Å². The van der Waals surface area contributed by atoms with Crippen molar-refractivity contribution >= 4 is 18.4 Å². The lowest BCUT2D eigenvalue weighted by molar-refractivity contribution is -0.145. The van der Waals surface area contributed by atoms with Gasteiger partial charge < -0.3 is 10.1 Å². The molecule has 1 saturated carbocycles. The van der Waals surface area contributed by atoms with Crippen LogP contribution in [0.1, 0.15) is 26.2 Å². The number of esters is 1. The Morgan fingerprint density at radius 3 is 2.71 bits per heavy atom. The Bertz CT molecular complexity index is 214. The summed E-state index contributed by atoms with van der Waals surface area (Å²) in [5.74, 6) is 0.249. The molecule has 0 aromatic rings. The highest BCUT2D eigenvalue weighted by molar-refractivity contribution is 5.85. The smallest absolute Gasteiger partial charge is 0.309 e. The van der Waals surface area contributed by atoms with Crippen molar-refractivity contribution < 1.29 is 9.53 Å². The van der Waals surface area contributed by atoms with Crippen LogP contribution in [0, 0.1) is 11.3 Å². The number of hydrogen-bond acceptors (Lipinski definition) is 3. The molecule has 0 aromatic carbocycles. The highest BCUT2D eigenvalue weighted by Crippen LogP contribution is 2.58. The van der Waals surface area contributed by atoms with E-state index in [1.54, 1.807) is 0 Å². The second-order valence-corrected chi connectivity index (χ2v) is 4.12. The van der Waals surface area contributed by atoms with Crippen molar-refractivity contribution in [2.45, 2.75) is 26.2 Å². The van der Waals surface area contributed by atoms with Crippen molar-refractivity contribution in [1.29, 1.82) is 0 Å². The summed E-state index contributed by atoms with van der Waals surface area (Å²) in [7, 11) is 0. The molecule has 2 aliphatic rings. The normalized spacial score (nSPS) is 27.9. The molecule has 1 aliphatic heterocycles. The van der Waals surface area contributed by atoms with Gasteiger partial charge >= 0.3 is 5.97 Å². The Kier molecular flexibility index (Phi) is 3.78. The Balaban J connectivity index is 0.000000980. The molecule has 1 spiro atoms. The monoisotopic (exact) mass is 219 g/mol. The minimum Gasteiger partial charge on any atom is -0.466 e. The molecule has 82 valence electrons. The van der Waals surface area contributed by atoms with E-state index in [0.717, 1.165) is 32.4 Å². The maximum atomic E-state index is 11.4. The first-order chi connectivity index (χ1) is 6.28. The average Bonchev–Trinajstić information content (AvgIpc) is 2.81. The fourth-order valence-corrected chi connectivity index (χ4v) is 2.40. The zero-order valence-electron chi connectivity index (χ0n) is 8.54. The predicted octanol–water partition coefficient (Wildman–Crippen LogP) is 1.36. The van der Waals surface area contributed by atoms with Crippen LogP contribution in [0.15, 0.2) is 0 Å². The summed E-state index contributed by atoms with van der Waals surface area (Å²) in [4.78, 5) is 11.4. The van der Waals surface area contributed by atoms with Crippen LogP contribution >= 0.6 is 12.4 Å². The van der Waals surface area contributed by atoms with Gasteiger partial charge in [-0.2, -0.15) is 0 Å². The summed E-state index contributed by atoms with van der Waals surface area (Å²) in [6, 6.07) is 0. The number of carbonyl (C=O) groups excluding carboxylic acids is 1. The maximum absolute atomic E-state index is 11.4. The first-order valence-corrected chi connectivity index (χ1v) is 5.16. The van der Waals surface area contributed by atoms with Crippen molar-refractivity contribution in [3.05, 3.63) is 0 Å². The fraction of sp³-hybridized carbons (Fsp3) is 0.900. The Labute approximate surface area is 91.0 Å². The minimum absolute atomic E-state index is 0. The molecule has 0 amide bonds. The molecule has 2 rings (SSSR count). The zero-order valence-corrected chi connectivity index (χ0v) is 9.36. The van der Waals surface area contributed by atoms with E-state index in [1.165, 1.54) is 0 Å². The number of nitrogens with one attached hydrogen (secondary N) is 1. The van der Waals surface area contributed by atoms with Gasteiger partial charge in [-0.25, -0.2) is 0 Å². The highest BCUT2D eigenvalue weighted by Gasteiger charge is 2.58. The van der Waals surface area contributed by atoms with Gasteiger partial charge in [-0.15, -0.1) is 12.4 Å². The summed E-state index contributed by atoms with van der Waals surface area (Å²) in [5, 5.41) is 3.32. The Morgan fingerprint density at radius 1 is 1.50 bits per heavy atom. The largest absolute Gasteiger partial charge is 0.466 e. The number of rotatable bonds is 2. The number of ether oxygens (including phenoxy) is 1. The Hall–Kier alpha value is -0.280. The summed E-state index contributed by atoms with van der Waals surface area (Å²) in [6.45, 7) is 4.52. The minimum atomic E-state index is 0. The van der Waals surface area contributed by atoms with Crippen LogP contribution in [0.2, 0.25) is 0 Å². The highest BCUT2D eigenvalue weighted by atomic mass is 35.5. The standard InChI is InChI=1S/C10H17NO2.ClH/c1-2-13-9(12)8-7-10(8)3-5-11-6-4-10;/h8,11H,2-7H2,1H3;1H/t8-;/m1./s1. The molecule has 4 heteroatoms. The van der Waals surface area contributed by atoms with Crippen LogP contribution in [-0.4, -0.2) is 25.7 Å². The lowest BCUT2D eigenvalue weighted by atomic mass is 9.92. The lowest BCUT2D eigenvalue weighted by Gasteiger charge is -2.22. The van der Waals surface area contributed by atoms with E-state index in [4.69, 9.17) is 4.74 Å². The molecule has 1 aliphatic carbocycles. The lowest BCUT2D eigenvalue weighted by Crippen LogP contribution is -2.31. The van der Waals surface area contributed by atoms with Crippen molar-refractivity contribution in [3.63, 3.8) is 0 Å². The summed E-state index contributed by atoms with van der Waals surface area (Å²) in [5.41, 5.74) is 0.331. The van der Waals surface area contributed by atoms with E-state index in [0.29, 0.717) is 12.0 Å². The first kappa shape index (κ1) is 11.8. The third kappa shape index (κ3) is 2.04. The Morgan fingerprint density at radius 2 is 2.14 bits per heavy atom. The van der Waals surface area contributed by atoms with Crippen LogP contribution in [0.4, 0.5) is 0 Å². The second-order valence-electron chi connectivity index (χ2n) is 4.12. The van der Waals surface area contributed by atoms with Crippen LogP contribution in [0.5, 0.6) is 0 Å². The molecule has 1 N–H and O–H groups in total. The molecule has 3 nitrogen and oxygen atoms in total. The van der Waals surface area contributed by atoms with E-state index in [-0.39, 0.29) is 24.3 Å². The van der Waals surface area contributed by atoms with Crippen molar-refractivity contribution in [2.24, 2.45) is 11.3 Å². The van der Waals surface area contributed by atoms with Gasteiger partial charge in [-0.05, 0) is 44.7 Å². The molecule has 0 bridgehead atoms. The van der Waals surface area contributed by atoms with Gasteiger partial charge in [0.1, 0.15) is 0 Å². The van der Waals surface area contributed by atoms with Gasteiger partial charge in [0.2, 0.25) is 0 Å². The predicted molar refractivity (Wildman–Crippen MR) is 56.5 cm³/mol. The van der Waals surface area contributed by atoms with Gasteiger partial charge in [-0.3, -0.25) is 4.79 Å². The number of hydrogen-bond donors (Lipinski definition) is 1. The van der Waals surface area contributed by atoms with Crippen LogP contribution in [-0.2, 0) is 9.53 Å². The third-order valence-corrected chi connectivity index (χ3v) is 3.36. The van der Waals surface area contributed by atoms with Gasteiger partial charge in [0.25, 0.3) is 0 Å². The van der Waals surface area contributed by atoms with Crippen LogP contribution in [0.3, 0.4) is 0 Å². The average molecular weight is 220 g/mol. The zero-order chi connectivity index (χ0) is 9.31. The molecule has 2 fully saturated rings. The molecule has 14 heavy (non-hydrogen) atoms. The molecule has 1 atom stereocenters. The number of halogens is 1. The maximum Gasteiger partial charge on any atom is 0.309 e. The van der Waals surface area contributed by atoms with E-state index in [1.807, 2.05) is 6.92 Å². The van der Waals surface area contributed by atoms with E-state index in [2.05, 4.69) is 5.32 Å². The summed E-state index contributed by atoms with van der Waals surface area (Å²) < 4.78 is 5.03. The van der Waals surface area contributed by atoms with Gasteiger partial charge in [0.15, 0.2) is 0 Å². The molecule has 1 saturated heterocycles. The molecule has 0 aromatic heterocycles. The fourth-order valence-electron chi connectivity index (χ4n) is 2.40. The van der Waals surface area contributed by atoms with Gasteiger partial charge in [0.05, 0.1) is 12.5 Å². The van der Waals surface area contributed by atoms with Crippen LogP contribution < -0.4 is 5.32 Å². The quantitative estimate of drug-likeness (QED) is 0.713. The van der Waals surface area contributed by atoms with Crippen molar-refractivity contribution in [3.8, 4) is 0 Å². The third-order valence-electron chi connectivity index (χ3n) is 3.36. The SMILES string of the molecule is CCOC(=O)[C@H]1CC12CCNCC2.Cl. The second kappa shape index (κ2) is 4.49. The number of carbonyl (C=O) groups is 1. The van der Waals surface area contributed by atoms with Crippen molar-refractivity contribution in [1.82, 2.24) is 5.32 Å². The van der Waals surface area contributed by atoms with E-state index >= 15 is 0 Å². The van der Waals surface area contributed by atoms with Gasteiger partial charge in [-0.1, -0.05) is 0 Å². The number of piperidine rings is 1. The summed E-state index contributed by atoms with van der Waals surface area (Å²) >= 11 is 0. The molecular formula is C10H18ClNO2. The molecule has 0 radical (unpaired) electrons. The molecule has 1 heterocycles.